The molecule has 0 spiro atoms. The van der Waals surface area contributed by atoms with Gasteiger partial charge in [0.25, 0.3) is 5.69 Å². The van der Waals surface area contributed by atoms with E-state index < -0.39 is 4.92 Å². The normalized spacial score (nSPS) is 17.3. The molecule has 1 unspecified atom stereocenters. The number of nitro groups is 1. The van der Waals surface area contributed by atoms with Gasteiger partial charge in [0.15, 0.2) is 0 Å². The van der Waals surface area contributed by atoms with Crippen LogP contribution in [-0.4, -0.2) is 29.1 Å². The number of rotatable bonds is 4. The van der Waals surface area contributed by atoms with Gasteiger partial charge in [-0.3, -0.25) is 10.1 Å². The lowest BCUT2D eigenvalue weighted by molar-refractivity contribution is -0.385. The van der Waals surface area contributed by atoms with E-state index in [4.69, 9.17) is 16.3 Å². The number of aromatic nitrogens is 1. The van der Waals surface area contributed by atoms with E-state index in [-0.39, 0.29) is 11.8 Å². The van der Waals surface area contributed by atoms with Gasteiger partial charge in [-0.25, -0.2) is 4.98 Å². The summed E-state index contributed by atoms with van der Waals surface area (Å²) in [5.74, 6) is 1.42. The fourth-order valence-corrected chi connectivity index (χ4v) is 3.27. The number of halogens is 2. The second-order valence-corrected chi connectivity index (χ2v) is 6.48. The molecule has 3 rings (SSSR count). The van der Waals surface area contributed by atoms with E-state index in [0.29, 0.717) is 21.9 Å². The molecular formula is C15H13BrClN3O3. The third-order valence-corrected chi connectivity index (χ3v) is 4.38. The van der Waals surface area contributed by atoms with E-state index >= 15 is 0 Å². The zero-order chi connectivity index (χ0) is 16.4. The highest BCUT2D eigenvalue weighted by atomic mass is 79.9. The highest BCUT2D eigenvalue weighted by Crippen LogP contribution is 2.31. The topological polar surface area (TPSA) is 68.5 Å². The Kier molecular flexibility index (Phi) is 4.68. The van der Waals surface area contributed by atoms with Gasteiger partial charge in [0, 0.05) is 24.1 Å². The molecule has 1 atom stereocenters. The van der Waals surface area contributed by atoms with Crippen molar-refractivity contribution in [2.75, 3.05) is 18.0 Å². The van der Waals surface area contributed by atoms with Gasteiger partial charge in [0.05, 0.1) is 15.9 Å². The molecule has 0 saturated carbocycles. The number of ether oxygens (including phenoxy) is 1. The van der Waals surface area contributed by atoms with Crippen molar-refractivity contribution >= 4 is 39.0 Å². The lowest BCUT2D eigenvalue weighted by Gasteiger charge is -2.19. The van der Waals surface area contributed by atoms with Crippen molar-refractivity contribution in [3.63, 3.8) is 0 Å². The molecule has 1 aliphatic rings. The summed E-state index contributed by atoms with van der Waals surface area (Å²) in [6.07, 6.45) is 2.14. The molecule has 0 aliphatic carbocycles. The Balaban J connectivity index is 1.69. The van der Waals surface area contributed by atoms with E-state index in [0.717, 1.165) is 18.7 Å². The average molecular weight is 399 g/mol. The van der Waals surface area contributed by atoms with Crippen molar-refractivity contribution in [3.05, 3.63) is 56.1 Å². The Bertz CT molecular complexity index is 744. The molecule has 0 amide bonds. The highest BCUT2D eigenvalue weighted by Gasteiger charge is 2.27. The molecule has 2 heterocycles. The molecule has 1 aromatic carbocycles. The van der Waals surface area contributed by atoms with Gasteiger partial charge in [-0.05, 0) is 34.1 Å². The lowest BCUT2D eigenvalue weighted by Crippen LogP contribution is -2.25. The predicted octanol–water partition coefficient (Wildman–Crippen LogP) is 4.06. The minimum Gasteiger partial charge on any atom is -0.488 e. The molecule has 1 aromatic heterocycles. The second kappa shape index (κ2) is 6.72. The van der Waals surface area contributed by atoms with Gasteiger partial charge in [-0.2, -0.15) is 0 Å². The minimum atomic E-state index is -0.462. The van der Waals surface area contributed by atoms with E-state index in [9.17, 15) is 10.1 Å². The summed E-state index contributed by atoms with van der Waals surface area (Å²) in [6, 6.07) is 8.76. The van der Waals surface area contributed by atoms with Crippen molar-refractivity contribution in [3.8, 4) is 5.75 Å². The summed E-state index contributed by atoms with van der Waals surface area (Å²) in [4.78, 5) is 16.5. The van der Waals surface area contributed by atoms with Crippen LogP contribution in [0.2, 0.25) is 5.02 Å². The molecule has 0 N–H and O–H groups in total. The molecule has 0 radical (unpaired) electrons. The van der Waals surface area contributed by atoms with Crippen molar-refractivity contribution in [2.45, 2.75) is 12.5 Å². The summed E-state index contributed by atoms with van der Waals surface area (Å²) in [6.45, 7) is 1.44. The first kappa shape index (κ1) is 16.0. The minimum absolute atomic E-state index is 0.0253. The SMILES string of the molecule is O=[N+]([O-])c1cnc(N2CCC(Oc3cccc(Cl)c3)C2)c(Br)c1. The van der Waals surface area contributed by atoms with Crippen molar-refractivity contribution < 1.29 is 9.66 Å². The summed E-state index contributed by atoms with van der Waals surface area (Å²) >= 11 is 9.31. The molecule has 1 aliphatic heterocycles. The van der Waals surface area contributed by atoms with Crippen LogP contribution in [0.4, 0.5) is 11.5 Å². The number of nitrogens with zero attached hydrogens (tertiary/aromatic N) is 3. The van der Waals surface area contributed by atoms with Crippen LogP contribution in [0.3, 0.4) is 0 Å². The Morgan fingerprint density at radius 1 is 1.43 bits per heavy atom. The summed E-state index contributed by atoms with van der Waals surface area (Å²) in [5, 5.41) is 11.4. The van der Waals surface area contributed by atoms with Crippen LogP contribution in [0, 0.1) is 10.1 Å². The number of hydrogen-bond acceptors (Lipinski definition) is 5. The maximum atomic E-state index is 10.8. The van der Waals surface area contributed by atoms with E-state index in [2.05, 4.69) is 20.9 Å². The zero-order valence-electron chi connectivity index (χ0n) is 12.0. The Labute approximate surface area is 146 Å². The first-order valence-electron chi connectivity index (χ1n) is 7.00. The number of pyridine rings is 1. The molecule has 8 heteroatoms. The first-order chi connectivity index (χ1) is 11.0. The quantitative estimate of drug-likeness (QED) is 0.574. The van der Waals surface area contributed by atoms with Crippen LogP contribution in [0.5, 0.6) is 5.75 Å². The third-order valence-electron chi connectivity index (χ3n) is 3.56. The van der Waals surface area contributed by atoms with E-state index in [1.807, 2.05) is 17.0 Å². The van der Waals surface area contributed by atoms with E-state index in [1.54, 1.807) is 12.1 Å². The van der Waals surface area contributed by atoms with Crippen LogP contribution in [-0.2, 0) is 0 Å². The van der Waals surface area contributed by atoms with Crippen LogP contribution in [0.15, 0.2) is 41.0 Å². The Hall–Kier alpha value is -1.86. The Morgan fingerprint density at radius 3 is 2.96 bits per heavy atom. The number of anilines is 1. The first-order valence-corrected chi connectivity index (χ1v) is 8.17. The van der Waals surface area contributed by atoms with Crippen LogP contribution in [0.25, 0.3) is 0 Å². The monoisotopic (exact) mass is 397 g/mol. The molecule has 0 bridgehead atoms. The van der Waals surface area contributed by atoms with Gasteiger partial charge >= 0.3 is 0 Å². The maximum Gasteiger partial charge on any atom is 0.288 e. The maximum absolute atomic E-state index is 10.8. The van der Waals surface area contributed by atoms with Crippen molar-refractivity contribution in [2.24, 2.45) is 0 Å². The van der Waals surface area contributed by atoms with Gasteiger partial charge < -0.3 is 9.64 Å². The van der Waals surface area contributed by atoms with Crippen molar-refractivity contribution in [1.29, 1.82) is 0 Å². The number of hydrogen-bond donors (Lipinski definition) is 0. The van der Waals surface area contributed by atoms with E-state index in [1.165, 1.54) is 12.3 Å². The fourth-order valence-electron chi connectivity index (χ4n) is 2.50. The largest absolute Gasteiger partial charge is 0.488 e. The molecule has 2 aromatic rings. The lowest BCUT2D eigenvalue weighted by atomic mass is 10.3. The van der Waals surface area contributed by atoms with Crippen LogP contribution >= 0.6 is 27.5 Å². The van der Waals surface area contributed by atoms with Crippen LogP contribution in [0.1, 0.15) is 6.42 Å². The van der Waals surface area contributed by atoms with Crippen molar-refractivity contribution in [1.82, 2.24) is 4.98 Å². The van der Waals surface area contributed by atoms with Gasteiger partial charge in [-0.1, -0.05) is 17.7 Å². The predicted molar refractivity (Wildman–Crippen MR) is 91.3 cm³/mol. The molecule has 120 valence electrons. The Morgan fingerprint density at radius 2 is 2.26 bits per heavy atom. The molecule has 23 heavy (non-hydrogen) atoms. The average Bonchev–Trinajstić information content (AvgIpc) is 2.95. The fraction of sp³-hybridized carbons (Fsp3) is 0.267. The molecule has 1 saturated heterocycles. The smallest absolute Gasteiger partial charge is 0.288 e. The molecule has 1 fully saturated rings. The standard InChI is InChI=1S/C15H13BrClN3O3/c16-14-7-11(20(21)22)8-18-15(14)19-5-4-13(9-19)23-12-3-1-2-10(17)6-12/h1-3,6-8,13H,4-5,9H2. The number of benzene rings is 1. The molecular weight excluding hydrogens is 386 g/mol. The van der Waals surface area contributed by atoms with Gasteiger partial charge in [0.2, 0.25) is 0 Å². The van der Waals surface area contributed by atoms with Gasteiger partial charge in [-0.15, -0.1) is 0 Å². The molecule has 6 nitrogen and oxygen atoms in total. The highest BCUT2D eigenvalue weighted by molar-refractivity contribution is 9.10. The second-order valence-electron chi connectivity index (χ2n) is 5.19. The third kappa shape index (κ3) is 3.73. The summed E-state index contributed by atoms with van der Waals surface area (Å²) < 4.78 is 6.54. The zero-order valence-corrected chi connectivity index (χ0v) is 14.3. The summed E-state index contributed by atoms with van der Waals surface area (Å²) in [5.41, 5.74) is -0.0356. The van der Waals surface area contributed by atoms with Crippen LogP contribution < -0.4 is 9.64 Å². The van der Waals surface area contributed by atoms with Gasteiger partial charge in [0.1, 0.15) is 23.9 Å². The summed E-state index contributed by atoms with van der Waals surface area (Å²) in [7, 11) is 0.